The Morgan fingerprint density at radius 2 is 1.94 bits per heavy atom. The van der Waals surface area contributed by atoms with Crippen molar-refractivity contribution in [2.45, 2.75) is 39.4 Å². The molecule has 3 heterocycles. The third-order valence-corrected chi connectivity index (χ3v) is 7.02. The van der Waals surface area contributed by atoms with E-state index < -0.39 is 0 Å². The van der Waals surface area contributed by atoms with Gasteiger partial charge >= 0.3 is 0 Å². The smallest absolute Gasteiger partial charge is 0.155 e. The Balaban J connectivity index is 1.56. The molecule has 7 heteroatoms. The highest BCUT2D eigenvalue weighted by atomic mass is 35.5. The summed E-state index contributed by atoms with van der Waals surface area (Å²) in [5.74, 6) is 1.29. The number of hydrogen-bond acceptors (Lipinski definition) is 5. The number of ether oxygens (including phenoxy) is 3. The fraction of sp³-hybridized carbons (Fsp3) is 0.500. The minimum absolute atomic E-state index is 0.00356. The maximum absolute atomic E-state index is 6.57. The van der Waals surface area contributed by atoms with Crippen LogP contribution in [0.3, 0.4) is 0 Å². The van der Waals surface area contributed by atoms with Gasteiger partial charge in [0.1, 0.15) is 13.1 Å². The highest BCUT2D eigenvalue weighted by Gasteiger charge is 2.39. The van der Waals surface area contributed by atoms with Crippen LogP contribution >= 0.6 is 11.6 Å². The number of benzene rings is 1. The van der Waals surface area contributed by atoms with E-state index in [0.717, 1.165) is 33.8 Å². The van der Waals surface area contributed by atoms with E-state index >= 15 is 0 Å². The van der Waals surface area contributed by atoms with Crippen LogP contribution in [0.2, 0.25) is 5.02 Å². The molecular formula is C24H30ClN3O3. The minimum Gasteiger partial charge on any atom is -0.367 e. The zero-order valence-electron chi connectivity index (χ0n) is 18.5. The third kappa shape index (κ3) is 4.77. The molecule has 1 aliphatic heterocycles. The zero-order valence-corrected chi connectivity index (χ0v) is 19.2. The standard InChI is InChI=1S/C24H30ClN3O3/c1-15-16(2)22(12-30-14-29-4)31-24(17(15)3)19-6-7-21(25)20(10-19)9-18-5-8-23-26-13-27-28(23)11-18/h5-8,10-11,13,15-17,22,24H,9,12,14H2,1-4H3/t15-,16+,17?,22?,24+/m0/s1. The molecule has 0 aliphatic carbocycles. The van der Waals surface area contributed by atoms with Crippen molar-refractivity contribution < 1.29 is 14.2 Å². The van der Waals surface area contributed by atoms with Gasteiger partial charge in [-0.15, -0.1) is 0 Å². The molecule has 166 valence electrons. The van der Waals surface area contributed by atoms with Gasteiger partial charge in [0.2, 0.25) is 0 Å². The first-order valence-corrected chi connectivity index (χ1v) is 11.1. The summed E-state index contributed by atoms with van der Waals surface area (Å²) < 4.78 is 19.0. The number of pyridine rings is 1. The van der Waals surface area contributed by atoms with Gasteiger partial charge < -0.3 is 14.2 Å². The number of halogens is 1. The van der Waals surface area contributed by atoms with Crippen molar-refractivity contribution in [2.24, 2.45) is 17.8 Å². The molecule has 6 nitrogen and oxygen atoms in total. The fourth-order valence-corrected chi connectivity index (χ4v) is 4.63. The average Bonchev–Trinajstić information content (AvgIpc) is 3.23. The molecule has 0 bridgehead atoms. The van der Waals surface area contributed by atoms with Gasteiger partial charge in [-0.2, -0.15) is 5.10 Å². The van der Waals surface area contributed by atoms with Crippen molar-refractivity contribution in [1.82, 2.24) is 14.6 Å². The Labute approximate surface area is 188 Å². The molecule has 0 amide bonds. The Kier molecular flexibility index (Phi) is 6.92. The Morgan fingerprint density at radius 1 is 1.10 bits per heavy atom. The summed E-state index contributed by atoms with van der Waals surface area (Å²) >= 11 is 6.57. The van der Waals surface area contributed by atoms with Gasteiger partial charge in [0, 0.05) is 24.8 Å². The molecule has 1 aliphatic rings. The number of fused-ring (bicyclic) bond motifs is 1. The van der Waals surface area contributed by atoms with Crippen LogP contribution in [0, 0.1) is 17.8 Å². The molecular weight excluding hydrogens is 414 g/mol. The van der Waals surface area contributed by atoms with E-state index in [-0.39, 0.29) is 19.0 Å². The van der Waals surface area contributed by atoms with Crippen LogP contribution in [0.4, 0.5) is 0 Å². The molecule has 4 rings (SSSR count). The summed E-state index contributed by atoms with van der Waals surface area (Å²) in [6.07, 6.45) is 4.30. The van der Waals surface area contributed by atoms with Crippen LogP contribution < -0.4 is 0 Å². The normalized spacial score (nSPS) is 26.4. The van der Waals surface area contributed by atoms with Crippen LogP contribution in [0.5, 0.6) is 0 Å². The van der Waals surface area contributed by atoms with Crippen LogP contribution in [0.25, 0.3) is 5.65 Å². The first-order chi connectivity index (χ1) is 15.0. The molecule has 1 aromatic carbocycles. The molecule has 31 heavy (non-hydrogen) atoms. The molecule has 0 N–H and O–H groups in total. The molecule has 5 atom stereocenters. The average molecular weight is 444 g/mol. The summed E-state index contributed by atoms with van der Waals surface area (Å²) in [7, 11) is 1.63. The second kappa shape index (κ2) is 9.65. The second-order valence-corrected chi connectivity index (χ2v) is 8.98. The zero-order chi connectivity index (χ0) is 22.0. The first-order valence-electron chi connectivity index (χ1n) is 10.8. The van der Waals surface area contributed by atoms with E-state index in [1.807, 2.05) is 18.3 Å². The van der Waals surface area contributed by atoms with Gasteiger partial charge in [0.15, 0.2) is 5.65 Å². The molecule has 1 fully saturated rings. The monoisotopic (exact) mass is 443 g/mol. The highest BCUT2D eigenvalue weighted by molar-refractivity contribution is 6.31. The maximum atomic E-state index is 6.57. The lowest BCUT2D eigenvalue weighted by Crippen LogP contribution is -2.43. The summed E-state index contributed by atoms with van der Waals surface area (Å²) in [5, 5.41) is 4.99. The molecule has 2 aromatic heterocycles. The van der Waals surface area contributed by atoms with Crippen molar-refractivity contribution in [1.29, 1.82) is 0 Å². The number of rotatable bonds is 7. The predicted octanol–water partition coefficient (Wildman–Crippen LogP) is 4.94. The quantitative estimate of drug-likeness (QED) is 0.382. The number of methoxy groups -OCH3 is 1. The highest BCUT2D eigenvalue weighted by Crippen LogP contribution is 2.43. The summed E-state index contributed by atoms with van der Waals surface area (Å²) in [5.41, 5.74) is 4.19. The molecule has 0 radical (unpaired) electrons. The van der Waals surface area contributed by atoms with Gasteiger partial charge in [-0.05, 0) is 46.6 Å². The van der Waals surface area contributed by atoms with Gasteiger partial charge in [0.25, 0.3) is 0 Å². The summed E-state index contributed by atoms with van der Waals surface area (Å²) in [6.45, 7) is 7.62. The van der Waals surface area contributed by atoms with E-state index in [1.165, 1.54) is 0 Å². The minimum atomic E-state index is -0.00356. The van der Waals surface area contributed by atoms with Gasteiger partial charge in [-0.3, -0.25) is 0 Å². The van der Waals surface area contributed by atoms with Crippen LogP contribution in [0.1, 0.15) is 43.6 Å². The lowest BCUT2D eigenvalue weighted by atomic mass is 9.75. The van der Waals surface area contributed by atoms with E-state index in [0.29, 0.717) is 24.4 Å². The van der Waals surface area contributed by atoms with Crippen molar-refractivity contribution in [3.63, 3.8) is 0 Å². The molecule has 0 saturated carbocycles. The summed E-state index contributed by atoms with van der Waals surface area (Å²) in [4.78, 5) is 4.21. The maximum Gasteiger partial charge on any atom is 0.155 e. The van der Waals surface area contributed by atoms with Gasteiger partial charge in [-0.25, -0.2) is 9.50 Å². The molecule has 1 saturated heterocycles. The largest absolute Gasteiger partial charge is 0.367 e. The molecule has 3 aromatic rings. The van der Waals surface area contributed by atoms with Crippen molar-refractivity contribution in [2.75, 3.05) is 20.5 Å². The van der Waals surface area contributed by atoms with Crippen molar-refractivity contribution in [3.05, 3.63) is 64.6 Å². The third-order valence-electron chi connectivity index (χ3n) is 6.66. The summed E-state index contributed by atoms with van der Waals surface area (Å²) in [6, 6.07) is 10.3. The first kappa shape index (κ1) is 22.2. The van der Waals surface area contributed by atoms with E-state index in [9.17, 15) is 0 Å². The number of hydrogen-bond donors (Lipinski definition) is 0. The Bertz CT molecular complexity index is 1020. The SMILES string of the molecule is COCOCC1O[C@@H](c2ccc(Cl)c(Cc3ccc4ncnn4c3)c2)C(C)[C@@H](C)[C@H]1C. The Hall–Kier alpha value is -1.99. The van der Waals surface area contributed by atoms with Crippen molar-refractivity contribution >= 4 is 17.2 Å². The fourth-order valence-electron chi connectivity index (χ4n) is 4.44. The number of aromatic nitrogens is 3. The van der Waals surface area contributed by atoms with Gasteiger partial charge in [-0.1, -0.05) is 50.6 Å². The van der Waals surface area contributed by atoms with E-state index in [2.05, 4.69) is 49.1 Å². The number of nitrogens with zero attached hydrogens (tertiary/aromatic N) is 3. The Morgan fingerprint density at radius 3 is 2.74 bits per heavy atom. The lowest BCUT2D eigenvalue weighted by Gasteiger charge is -2.44. The lowest BCUT2D eigenvalue weighted by molar-refractivity contribution is -0.171. The molecule has 2 unspecified atom stereocenters. The van der Waals surface area contributed by atoms with E-state index in [1.54, 1.807) is 18.0 Å². The van der Waals surface area contributed by atoms with Crippen LogP contribution in [-0.2, 0) is 20.6 Å². The topological polar surface area (TPSA) is 57.9 Å². The molecule has 0 spiro atoms. The van der Waals surface area contributed by atoms with Crippen LogP contribution in [-0.4, -0.2) is 41.2 Å². The van der Waals surface area contributed by atoms with Gasteiger partial charge in [0.05, 0.1) is 18.8 Å². The second-order valence-electron chi connectivity index (χ2n) is 8.58. The van der Waals surface area contributed by atoms with Crippen LogP contribution in [0.15, 0.2) is 42.9 Å². The van der Waals surface area contributed by atoms with Crippen molar-refractivity contribution in [3.8, 4) is 0 Å². The predicted molar refractivity (Wildman–Crippen MR) is 120 cm³/mol. The van der Waals surface area contributed by atoms with E-state index in [4.69, 9.17) is 25.8 Å².